The quantitative estimate of drug-likeness (QED) is 0.158. The van der Waals surface area contributed by atoms with E-state index in [4.69, 9.17) is 15.0 Å². The molecule has 0 amide bonds. The summed E-state index contributed by atoms with van der Waals surface area (Å²) in [5.41, 5.74) is 11.0. The zero-order valence-electron chi connectivity index (χ0n) is 33.1. The molecule has 0 saturated heterocycles. The molecule has 2 heterocycles. The average Bonchev–Trinajstić information content (AvgIpc) is 3.68. The third-order valence-electron chi connectivity index (χ3n) is 12.0. The molecule has 10 aromatic carbocycles. The first-order chi connectivity index (χ1) is 30.2. The lowest BCUT2D eigenvalue weighted by Crippen LogP contribution is -2.01. The third-order valence-corrected chi connectivity index (χ3v) is 12.0. The molecule has 0 aliphatic carbocycles. The Morgan fingerprint density at radius 3 is 1.44 bits per heavy atom. The number of para-hydroxylation sites is 2. The van der Waals surface area contributed by atoms with Gasteiger partial charge in [-0.15, -0.1) is 0 Å². The highest BCUT2D eigenvalue weighted by molar-refractivity contribution is 6.28. The first-order valence-corrected chi connectivity index (χ1v) is 20.7. The van der Waals surface area contributed by atoms with Crippen molar-refractivity contribution in [3.63, 3.8) is 0 Å². The van der Waals surface area contributed by atoms with Crippen LogP contribution in [0, 0.1) is 0 Å². The van der Waals surface area contributed by atoms with Crippen LogP contribution in [0.3, 0.4) is 0 Å². The van der Waals surface area contributed by atoms with E-state index < -0.39 is 0 Å². The lowest BCUT2D eigenvalue weighted by atomic mass is 9.89. The normalized spacial score (nSPS) is 11.6. The Bertz CT molecular complexity index is 3610. The molecule has 0 atom stereocenters. The van der Waals surface area contributed by atoms with Gasteiger partial charge in [0.2, 0.25) is 0 Å². The summed E-state index contributed by atoms with van der Waals surface area (Å²) in [5, 5.41) is 9.52. The van der Waals surface area contributed by atoms with Crippen molar-refractivity contribution < 1.29 is 0 Å². The van der Waals surface area contributed by atoms with Crippen LogP contribution in [0.25, 0.3) is 116 Å². The van der Waals surface area contributed by atoms with Gasteiger partial charge in [0.1, 0.15) is 0 Å². The number of benzene rings is 10. The Labute approximate surface area is 352 Å². The molecular formula is C57H36N4. The van der Waals surface area contributed by atoms with Crippen LogP contribution in [-0.4, -0.2) is 19.5 Å². The number of rotatable bonds is 6. The number of hydrogen-bond donors (Lipinski definition) is 0. The molecule has 2 aromatic heterocycles. The van der Waals surface area contributed by atoms with Gasteiger partial charge >= 0.3 is 0 Å². The van der Waals surface area contributed by atoms with Crippen molar-refractivity contribution in [1.82, 2.24) is 19.5 Å². The van der Waals surface area contributed by atoms with Crippen molar-refractivity contribution in [1.29, 1.82) is 0 Å². The molecule has 4 heteroatoms. The van der Waals surface area contributed by atoms with Gasteiger partial charge in [0.05, 0.1) is 11.0 Å². The predicted molar refractivity (Wildman–Crippen MR) is 254 cm³/mol. The maximum Gasteiger partial charge on any atom is 0.164 e. The van der Waals surface area contributed by atoms with Crippen LogP contribution in [0.15, 0.2) is 218 Å². The topological polar surface area (TPSA) is 43.6 Å². The summed E-state index contributed by atoms with van der Waals surface area (Å²) in [6.45, 7) is 0. The molecule has 0 unspecified atom stereocenters. The fourth-order valence-electron chi connectivity index (χ4n) is 9.16. The highest BCUT2D eigenvalue weighted by atomic mass is 15.0. The fraction of sp³-hybridized carbons (Fsp3) is 0. The number of hydrogen-bond acceptors (Lipinski definition) is 3. The van der Waals surface area contributed by atoms with Crippen molar-refractivity contribution >= 4 is 54.1 Å². The second kappa shape index (κ2) is 14.3. The van der Waals surface area contributed by atoms with E-state index in [1.54, 1.807) is 0 Å². The minimum absolute atomic E-state index is 0.635. The number of aromatic nitrogens is 4. The number of nitrogens with zero attached hydrogens (tertiary/aromatic N) is 4. The Kier molecular flexibility index (Phi) is 8.13. The van der Waals surface area contributed by atoms with Gasteiger partial charge < -0.3 is 4.57 Å². The highest BCUT2D eigenvalue weighted by Gasteiger charge is 2.19. The van der Waals surface area contributed by atoms with Gasteiger partial charge in [-0.25, -0.2) is 15.0 Å². The van der Waals surface area contributed by atoms with Crippen molar-refractivity contribution in [2.24, 2.45) is 0 Å². The maximum absolute atomic E-state index is 5.26. The van der Waals surface area contributed by atoms with Crippen LogP contribution in [0.5, 0.6) is 0 Å². The second-order valence-electron chi connectivity index (χ2n) is 15.6. The summed E-state index contributed by atoms with van der Waals surface area (Å²) in [5.74, 6) is 1.91. The first kappa shape index (κ1) is 34.8. The SMILES string of the molecule is c1ccc(-c2ccc(-c3nc(-c4ccccc4)nc(-c4cccc5c6ccccc6c6cc(-c7ccc8c9ccccc9n(-c9ccccc9)c8c7)ccc6c45)n3)cc2)cc1. The van der Waals surface area contributed by atoms with Gasteiger partial charge in [-0.2, -0.15) is 0 Å². The monoisotopic (exact) mass is 776 g/mol. The van der Waals surface area contributed by atoms with E-state index in [0.717, 1.165) is 49.7 Å². The van der Waals surface area contributed by atoms with Gasteiger partial charge in [0.15, 0.2) is 17.5 Å². The Balaban J connectivity index is 1.06. The summed E-state index contributed by atoms with van der Waals surface area (Å²) in [6, 6.07) is 77.6. The summed E-state index contributed by atoms with van der Waals surface area (Å²) >= 11 is 0. The number of fused-ring (bicyclic) bond motifs is 9. The Morgan fingerprint density at radius 1 is 0.262 bits per heavy atom. The van der Waals surface area contributed by atoms with E-state index in [2.05, 4.69) is 199 Å². The minimum Gasteiger partial charge on any atom is -0.309 e. The molecule has 12 aromatic rings. The smallest absolute Gasteiger partial charge is 0.164 e. The lowest BCUT2D eigenvalue weighted by molar-refractivity contribution is 1.08. The van der Waals surface area contributed by atoms with Gasteiger partial charge in [0.25, 0.3) is 0 Å². The molecule has 284 valence electrons. The molecule has 0 radical (unpaired) electrons. The van der Waals surface area contributed by atoms with E-state index in [1.165, 1.54) is 49.1 Å². The molecule has 12 rings (SSSR count). The van der Waals surface area contributed by atoms with E-state index in [9.17, 15) is 0 Å². The molecule has 0 aliphatic rings. The Hall–Kier alpha value is -8.21. The highest BCUT2D eigenvalue weighted by Crippen LogP contribution is 2.42. The summed E-state index contributed by atoms with van der Waals surface area (Å²) in [4.78, 5) is 15.6. The van der Waals surface area contributed by atoms with Crippen LogP contribution >= 0.6 is 0 Å². The molecular weight excluding hydrogens is 741 g/mol. The van der Waals surface area contributed by atoms with Crippen LogP contribution in [0.1, 0.15) is 0 Å². The van der Waals surface area contributed by atoms with Crippen LogP contribution in [0.2, 0.25) is 0 Å². The zero-order chi connectivity index (χ0) is 40.3. The molecule has 0 N–H and O–H groups in total. The molecule has 0 fully saturated rings. The fourth-order valence-corrected chi connectivity index (χ4v) is 9.16. The van der Waals surface area contributed by atoms with E-state index >= 15 is 0 Å². The molecule has 61 heavy (non-hydrogen) atoms. The van der Waals surface area contributed by atoms with Crippen LogP contribution in [-0.2, 0) is 0 Å². The van der Waals surface area contributed by atoms with E-state index in [-0.39, 0.29) is 0 Å². The van der Waals surface area contributed by atoms with Gasteiger partial charge in [0, 0.05) is 38.5 Å². The second-order valence-corrected chi connectivity index (χ2v) is 15.6. The summed E-state index contributed by atoms with van der Waals surface area (Å²) < 4.78 is 2.38. The van der Waals surface area contributed by atoms with Crippen LogP contribution in [0.4, 0.5) is 0 Å². The molecule has 4 nitrogen and oxygen atoms in total. The minimum atomic E-state index is 0.635. The standard InChI is InChI=1S/C57H36N4/c1-4-15-37(16-5-1)38-27-29-40(30-28-38)56-58-55(39-17-6-2-7-18-39)59-57(60-56)50-25-14-24-48-44-21-10-11-22-45(44)51-35-41(32-34-49(51)54(48)50)42-31-33-47-46-23-12-13-26-52(46)61(53(47)36-42)43-19-8-3-9-20-43/h1-36H. The van der Waals surface area contributed by atoms with Crippen molar-refractivity contribution in [3.05, 3.63) is 218 Å². The van der Waals surface area contributed by atoms with E-state index in [1.807, 2.05) is 24.3 Å². The van der Waals surface area contributed by atoms with Crippen LogP contribution < -0.4 is 0 Å². The largest absolute Gasteiger partial charge is 0.309 e. The summed E-state index contributed by atoms with van der Waals surface area (Å²) in [7, 11) is 0. The maximum atomic E-state index is 5.26. The van der Waals surface area contributed by atoms with Crippen molar-refractivity contribution in [3.8, 4) is 62.1 Å². The lowest BCUT2D eigenvalue weighted by Gasteiger charge is -2.16. The molecule has 0 saturated carbocycles. The van der Waals surface area contributed by atoms with Gasteiger partial charge in [-0.1, -0.05) is 188 Å². The predicted octanol–water partition coefficient (Wildman–Crippen LogP) is 14.8. The summed E-state index contributed by atoms with van der Waals surface area (Å²) in [6.07, 6.45) is 0. The molecule has 0 aliphatic heterocycles. The molecule has 0 spiro atoms. The van der Waals surface area contributed by atoms with Crippen molar-refractivity contribution in [2.75, 3.05) is 0 Å². The van der Waals surface area contributed by atoms with Gasteiger partial charge in [-0.05, 0) is 79.5 Å². The molecule has 0 bridgehead atoms. The zero-order valence-corrected chi connectivity index (χ0v) is 33.1. The average molecular weight is 777 g/mol. The van der Waals surface area contributed by atoms with Gasteiger partial charge in [-0.3, -0.25) is 0 Å². The van der Waals surface area contributed by atoms with E-state index in [0.29, 0.717) is 17.5 Å². The first-order valence-electron chi connectivity index (χ1n) is 20.7. The Morgan fingerprint density at radius 2 is 0.721 bits per heavy atom. The third kappa shape index (κ3) is 5.88. The van der Waals surface area contributed by atoms with Crippen molar-refractivity contribution in [2.45, 2.75) is 0 Å².